The van der Waals surface area contributed by atoms with E-state index in [1.165, 1.54) is 71.6 Å². The molecule has 0 radical (unpaired) electrons. The Hall–Kier alpha value is -7.81. The maximum absolute atomic E-state index is 6.83. The van der Waals surface area contributed by atoms with E-state index in [1.54, 1.807) is 0 Å². The monoisotopic (exact) mass is 778 g/mol. The molecule has 0 saturated carbocycles. The van der Waals surface area contributed by atoms with Crippen molar-refractivity contribution in [1.29, 1.82) is 0 Å². The average molecular weight is 779 g/mol. The molecule has 1 aliphatic rings. The van der Waals surface area contributed by atoms with Crippen LogP contribution < -0.4 is 5.73 Å². The molecule has 10 aromatic rings. The van der Waals surface area contributed by atoms with Gasteiger partial charge in [0.2, 0.25) is 0 Å². The molecule has 2 nitrogen and oxygen atoms in total. The predicted octanol–water partition coefficient (Wildman–Crippen LogP) is 14.2. The van der Waals surface area contributed by atoms with E-state index in [2.05, 4.69) is 200 Å². The van der Waals surface area contributed by atoms with Crippen LogP contribution in [0.4, 0.5) is 0 Å². The minimum Gasteiger partial charge on any atom is -0.383 e. The van der Waals surface area contributed by atoms with Crippen LogP contribution >= 0.6 is 0 Å². The van der Waals surface area contributed by atoms with Gasteiger partial charge in [0.15, 0.2) is 0 Å². The minimum absolute atomic E-state index is 0.486. The van der Waals surface area contributed by atoms with Crippen molar-refractivity contribution in [2.24, 2.45) is 10.7 Å². The molecule has 0 bridgehead atoms. The third-order valence-electron chi connectivity index (χ3n) is 12.6. The number of benzene rings is 10. The fourth-order valence-electron chi connectivity index (χ4n) is 9.90. The Bertz CT molecular complexity index is 3290. The number of aliphatic imine (C=N–C) groups is 1. The Morgan fingerprint density at radius 2 is 1.05 bits per heavy atom. The number of nitrogens with zero attached hydrogens (tertiary/aromatic N) is 1. The molecule has 0 atom stereocenters. The summed E-state index contributed by atoms with van der Waals surface area (Å²) in [4.78, 5) is 5.22. The highest BCUT2D eigenvalue weighted by molar-refractivity contribution is 6.10. The summed E-state index contributed by atoms with van der Waals surface area (Å²) in [7, 11) is 0. The molecule has 288 valence electrons. The summed E-state index contributed by atoms with van der Waals surface area (Å²) in [6, 6.07) is 81.2. The molecule has 0 aromatic heterocycles. The maximum atomic E-state index is 6.83. The van der Waals surface area contributed by atoms with E-state index in [1.807, 2.05) is 30.3 Å². The van der Waals surface area contributed by atoms with Gasteiger partial charge in [-0.05, 0) is 88.8 Å². The van der Waals surface area contributed by atoms with Crippen LogP contribution in [-0.2, 0) is 11.8 Å². The highest BCUT2D eigenvalue weighted by atomic mass is 14.9. The predicted molar refractivity (Wildman–Crippen MR) is 257 cm³/mol. The van der Waals surface area contributed by atoms with Crippen LogP contribution in [0.15, 0.2) is 236 Å². The second kappa shape index (κ2) is 15.1. The lowest BCUT2D eigenvalue weighted by Crippen LogP contribution is -2.29. The number of nitrogens with two attached hydrogens (primary N) is 1. The molecule has 0 fully saturated rings. The molecule has 11 rings (SSSR count). The van der Waals surface area contributed by atoms with Gasteiger partial charge in [-0.15, -0.1) is 0 Å². The first kappa shape index (κ1) is 36.3. The topological polar surface area (TPSA) is 38.4 Å². The standard InChI is InChI=1S/C59H42N2/c60-58(43-19-4-1-5-20-43)61-55(38-32-40-31-33-41-17-10-11-21-44(41)39-40)51-36-35-50(48-27-14-15-28-49(48)51)52-29-16-30-53-56-47-26-13-12-18-42(47)34-37-54(56)59(57(52)53,45-22-6-2-7-23-45)46-24-8-3-9-25-46/h1-31,33-39H,32H2,(H2,60,61)/b55-38-. The SMILES string of the molecule is NC(=N/C(=C\Cc1ccc2ccccc2c1)c1ccc(-c2cccc3c2C(c2ccccc2)(c2ccccc2)c2ccc4ccccc4c2-3)c2ccccc12)c1ccccc1. The van der Waals surface area contributed by atoms with Crippen molar-refractivity contribution in [2.75, 3.05) is 0 Å². The van der Waals surface area contributed by atoms with E-state index in [0.717, 1.165) is 27.6 Å². The van der Waals surface area contributed by atoms with Crippen LogP contribution in [-0.4, -0.2) is 5.84 Å². The summed E-state index contributed by atoms with van der Waals surface area (Å²) in [5.74, 6) is 0.486. The zero-order chi connectivity index (χ0) is 40.8. The molecule has 2 N–H and O–H groups in total. The van der Waals surface area contributed by atoms with Crippen molar-refractivity contribution in [3.05, 3.63) is 269 Å². The van der Waals surface area contributed by atoms with Crippen molar-refractivity contribution in [2.45, 2.75) is 11.8 Å². The van der Waals surface area contributed by atoms with Crippen LogP contribution in [0.25, 0.3) is 60.3 Å². The van der Waals surface area contributed by atoms with E-state index in [-0.39, 0.29) is 0 Å². The number of rotatable bonds is 8. The molecule has 1 aliphatic carbocycles. The fourth-order valence-corrected chi connectivity index (χ4v) is 9.90. The van der Waals surface area contributed by atoms with Gasteiger partial charge in [-0.2, -0.15) is 0 Å². The van der Waals surface area contributed by atoms with Gasteiger partial charge in [0, 0.05) is 11.1 Å². The third kappa shape index (κ3) is 6.07. The number of hydrogen-bond acceptors (Lipinski definition) is 1. The number of amidine groups is 1. The summed E-state index contributed by atoms with van der Waals surface area (Å²) < 4.78 is 0. The molecule has 0 unspecified atom stereocenters. The van der Waals surface area contributed by atoms with Gasteiger partial charge in [0.1, 0.15) is 5.84 Å². The Kier molecular flexibility index (Phi) is 8.98. The molecular formula is C59H42N2. The smallest absolute Gasteiger partial charge is 0.131 e. The largest absolute Gasteiger partial charge is 0.383 e. The van der Waals surface area contributed by atoms with Crippen LogP contribution in [0, 0.1) is 0 Å². The Balaban J connectivity index is 1.16. The van der Waals surface area contributed by atoms with Crippen molar-refractivity contribution in [3.8, 4) is 22.3 Å². The summed E-state index contributed by atoms with van der Waals surface area (Å²) >= 11 is 0. The van der Waals surface area contributed by atoms with Crippen molar-refractivity contribution >= 4 is 43.9 Å². The van der Waals surface area contributed by atoms with Crippen molar-refractivity contribution in [3.63, 3.8) is 0 Å². The highest BCUT2D eigenvalue weighted by Gasteiger charge is 2.48. The summed E-state index contributed by atoms with van der Waals surface area (Å²) in [6.07, 6.45) is 2.94. The van der Waals surface area contributed by atoms with E-state index in [9.17, 15) is 0 Å². The van der Waals surface area contributed by atoms with Gasteiger partial charge in [-0.3, -0.25) is 0 Å². The molecule has 0 amide bonds. The second-order valence-corrected chi connectivity index (χ2v) is 16.0. The maximum Gasteiger partial charge on any atom is 0.131 e. The molecule has 2 heteroatoms. The number of allylic oxidation sites excluding steroid dienone is 1. The van der Waals surface area contributed by atoms with Crippen LogP contribution in [0.2, 0.25) is 0 Å². The van der Waals surface area contributed by atoms with Gasteiger partial charge < -0.3 is 5.73 Å². The van der Waals surface area contributed by atoms with E-state index in [0.29, 0.717) is 12.3 Å². The Labute approximate surface area is 356 Å². The molecule has 0 saturated heterocycles. The summed E-state index contributed by atoms with van der Waals surface area (Å²) in [5, 5.41) is 7.25. The zero-order valence-electron chi connectivity index (χ0n) is 33.7. The van der Waals surface area contributed by atoms with Crippen LogP contribution in [0.5, 0.6) is 0 Å². The first-order chi connectivity index (χ1) is 30.2. The Morgan fingerprint density at radius 3 is 1.79 bits per heavy atom. The number of hydrogen-bond donors (Lipinski definition) is 1. The van der Waals surface area contributed by atoms with Crippen LogP contribution in [0.1, 0.15) is 38.9 Å². The quantitative estimate of drug-likeness (QED) is 0.121. The van der Waals surface area contributed by atoms with E-state index >= 15 is 0 Å². The van der Waals surface area contributed by atoms with E-state index < -0.39 is 5.41 Å². The molecule has 0 heterocycles. The zero-order valence-corrected chi connectivity index (χ0v) is 33.7. The van der Waals surface area contributed by atoms with Gasteiger partial charge in [0.05, 0.1) is 11.1 Å². The lowest BCUT2D eigenvalue weighted by molar-refractivity contribution is 0.771. The van der Waals surface area contributed by atoms with E-state index in [4.69, 9.17) is 10.7 Å². The van der Waals surface area contributed by atoms with Gasteiger partial charge in [0.25, 0.3) is 0 Å². The first-order valence-corrected chi connectivity index (χ1v) is 21.1. The minimum atomic E-state index is -0.576. The Morgan fingerprint density at radius 1 is 0.459 bits per heavy atom. The van der Waals surface area contributed by atoms with Gasteiger partial charge >= 0.3 is 0 Å². The van der Waals surface area contributed by atoms with Crippen LogP contribution in [0.3, 0.4) is 0 Å². The normalized spacial score (nSPS) is 13.4. The fraction of sp³-hybridized carbons (Fsp3) is 0.0339. The highest BCUT2D eigenvalue weighted by Crippen LogP contribution is 2.60. The van der Waals surface area contributed by atoms with Crippen molar-refractivity contribution in [1.82, 2.24) is 0 Å². The molecule has 10 aromatic carbocycles. The van der Waals surface area contributed by atoms with Gasteiger partial charge in [-0.1, -0.05) is 231 Å². The third-order valence-corrected chi connectivity index (χ3v) is 12.6. The molecular weight excluding hydrogens is 737 g/mol. The average Bonchev–Trinajstić information content (AvgIpc) is 3.65. The first-order valence-electron chi connectivity index (χ1n) is 21.1. The molecule has 0 spiro atoms. The summed E-state index contributed by atoms with van der Waals surface area (Å²) in [6.45, 7) is 0. The lowest BCUT2D eigenvalue weighted by atomic mass is 9.66. The lowest BCUT2D eigenvalue weighted by Gasteiger charge is -2.35. The molecule has 61 heavy (non-hydrogen) atoms. The van der Waals surface area contributed by atoms with Crippen molar-refractivity contribution < 1.29 is 0 Å². The molecule has 0 aliphatic heterocycles. The second-order valence-electron chi connectivity index (χ2n) is 16.0. The number of fused-ring (bicyclic) bond motifs is 7. The summed E-state index contributed by atoms with van der Waals surface area (Å²) in [5.41, 5.74) is 20.3. The van der Waals surface area contributed by atoms with Gasteiger partial charge in [-0.25, -0.2) is 4.99 Å².